The quantitative estimate of drug-likeness (QED) is 0.545. The largest absolute Gasteiger partial charge is 0.377 e. The van der Waals surface area contributed by atoms with Crippen molar-refractivity contribution in [3.63, 3.8) is 0 Å². The molecule has 122 valence electrons. The van der Waals surface area contributed by atoms with Crippen LogP contribution in [-0.2, 0) is 4.79 Å². The molecule has 0 spiro atoms. The summed E-state index contributed by atoms with van der Waals surface area (Å²) in [5, 5.41) is 0. The number of ketones is 1. The van der Waals surface area contributed by atoms with Gasteiger partial charge in [-0.05, 0) is 24.2 Å². The van der Waals surface area contributed by atoms with Gasteiger partial charge in [-0.15, -0.1) is 0 Å². The minimum atomic E-state index is 0.0496. The van der Waals surface area contributed by atoms with Crippen molar-refractivity contribution in [2.75, 3.05) is 13.1 Å². The van der Waals surface area contributed by atoms with Crippen LogP contribution in [0, 0.1) is 11.3 Å². The van der Waals surface area contributed by atoms with Gasteiger partial charge in [0.05, 0.1) is 0 Å². The fourth-order valence-electron chi connectivity index (χ4n) is 3.07. The van der Waals surface area contributed by atoms with Gasteiger partial charge in [0.25, 0.3) is 0 Å². The van der Waals surface area contributed by atoms with Gasteiger partial charge in [0.2, 0.25) is 0 Å². The van der Waals surface area contributed by atoms with Gasteiger partial charge in [0.15, 0.2) is 5.78 Å². The number of carbonyl (C=O) groups excluding carboxylic acids is 1. The van der Waals surface area contributed by atoms with E-state index in [-0.39, 0.29) is 5.41 Å². The zero-order valence-electron chi connectivity index (χ0n) is 14.9. The van der Waals surface area contributed by atoms with Crippen LogP contribution < -0.4 is 0 Å². The molecule has 0 amide bonds. The molecule has 21 heavy (non-hydrogen) atoms. The number of nitrogens with zero attached hydrogens (tertiary/aromatic N) is 1. The number of unbranched alkanes of at least 4 members (excludes halogenated alkanes) is 4. The molecule has 0 radical (unpaired) electrons. The van der Waals surface area contributed by atoms with Crippen molar-refractivity contribution in [2.24, 2.45) is 11.3 Å². The molecule has 2 nitrogen and oxygen atoms in total. The van der Waals surface area contributed by atoms with Gasteiger partial charge >= 0.3 is 0 Å². The van der Waals surface area contributed by atoms with E-state index in [1.807, 2.05) is 0 Å². The van der Waals surface area contributed by atoms with E-state index >= 15 is 0 Å². The molecule has 0 unspecified atom stereocenters. The van der Waals surface area contributed by atoms with Crippen LogP contribution in [0.25, 0.3) is 0 Å². The normalized spacial score (nSPS) is 18.0. The molecule has 0 bridgehead atoms. The second-order valence-electron chi connectivity index (χ2n) is 7.65. The minimum absolute atomic E-state index is 0.0496. The van der Waals surface area contributed by atoms with E-state index in [0.29, 0.717) is 11.7 Å². The Morgan fingerprint density at radius 2 is 1.90 bits per heavy atom. The van der Waals surface area contributed by atoms with Gasteiger partial charge in [-0.2, -0.15) is 0 Å². The smallest absolute Gasteiger partial charge is 0.160 e. The number of Topliss-reactive ketones (excluding diaryl/α,β-unsaturated/α-hetero) is 1. The molecule has 0 aliphatic carbocycles. The van der Waals surface area contributed by atoms with E-state index < -0.39 is 0 Å². The van der Waals surface area contributed by atoms with Crippen molar-refractivity contribution < 1.29 is 4.79 Å². The maximum Gasteiger partial charge on any atom is 0.160 e. The third kappa shape index (κ3) is 6.23. The second kappa shape index (κ2) is 8.60. The maximum absolute atomic E-state index is 12.6. The van der Waals surface area contributed by atoms with E-state index in [2.05, 4.69) is 45.7 Å². The Morgan fingerprint density at radius 1 is 1.24 bits per heavy atom. The summed E-state index contributed by atoms with van der Waals surface area (Å²) in [4.78, 5) is 14.9. The number of hydrogen-bond acceptors (Lipinski definition) is 2. The van der Waals surface area contributed by atoms with Crippen molar-refractivity contribution in [1.29, 1.82) is 0 Å². The monoisotopic (exact) mass is 293 g/mol. The molecule has 0 N–H and O–H groups in total. The molecule has 1 aliphatic rings. The van der Waals surface area contributed by atoms with Crippen molar-refractivity contribution in [3.8, 4) is 0 Å². The van der Waals surface area contributed by atoms with Crippen LogP contribution in [0.15, 0.2) is 11.8 Å². The van der Waals surface area contributed by atoms with Crippen LogP contribution in [0.5, 0.6) is 0 Å². The molecular weight excluding hydrogens is 258 g/mol. The molecule has 1 rings (SSSR count). The molecule has 1 aliphatic heterocycles. The van der Waals surface area contributed by atoms with Crippen LogP contribution in [0.4, 0.5) is 0 Å². The second-order valence-corrected chi connectivity index (χ2v) is 7.65. The molecule has 0 fully saturated rings. The zero-order valence-corrected chi connectivity index (χ0v) is 14.9. The van der Waals surface area contributed by atoms with E-state index in [4.69, 9.17) is 0 Å². The lowest BCUT2D eigenvalue weighted by molar-refractivity contribution is -0.117. The molecule has 0 aromatic rings. The fourth-order valence-corrected chi connectivity index (χ4v) is 3.07. The lowest BCUT2D eigenvalue weighted by Crippen LogP contribution is -2.36. The molecule has 0 saturated heterocycles. The van der Waals surface area contributed by atoms with Crippen LogP contribution >= 0.6 is 0 Å². The lowest BCUT2D eigenvalue weighted by Gasteiger charge is -2.37. The van der Waals surface area contributed by atoms with E-state index in [1.165, 1.54) is 25.7 Å². The molecule has 0 aromatic carbocycles. The molecule has 0 atom stereocenters. The van der Waals surface area contributed by atoms with Crippen molar-refractivity contribution in [3.05, 3.63) is 11.8 Å². The van der Waals surface area contributed by atoms with Crippen molar-refractivity contribution >= 4 is 5.78 Å². The Hall–Kier alpha value is -0.790. The number of allylic oxidation sites excluding steroid dienone is 1. The summed E-state index contributed by atoms with van der Waals surface area (Å²) in [6.45, 7) is 13.3. The van der Waals surface area contributed by atoms with Crippen molar-refractivity contribution in [1.82, 2.24) is 4.90 Å². The molecule has 2 heteroatoms. The lowest BCUT2D eigenvalue weighted by atomic mass is 9.76. The Labute approximate surface area is 132 Å². The Balaban J connectivity index is 2.57. The number of carbonyl (C=O) groups is 1. The van der Waals surface area contributed by atoms with Crippen LogP contribution in [0.1, 0.15) is 79.6 Å². The summed E-state index contributed by atoms with van der Waals surface area (Å²) >= 11 is 0. The van der Waals surface area contributed by atoms with Crippen LogP contribution in [0.3, 0.4) is 0 Å². The third-order valence-electron chi connectivity index (χ3n) is 4.47. The highest BCUT2D eigenvalue weighted by molar-refractivity contribution is 5.96. The van der Waals surface area contributed by atoms with Gasteiger partial charge in [-0.25, -0.2) is 0 Å². The zero-order chi connectivity index (χ0) is 15.9. The van der Waals surface area contributed by atoms with Gasteiger partial charge in [0.1, 0.15) is 0 Å². The third-order valence-corrected chi connectivity index (χ3v) is 4.47. The first-order chi connectivity index (χ1) is 9.86. The summed E-state index contributed by atoms with van der Waals surface area (Å²) < 4.78 is 0. The SMILES string of the molecule is CCCCCCCC(=O)C1=CN(CC(C)C)CCC1(C)C. The van der Waals surface area contributed by atoms with Crippen molar-refractivity contribution in [2.45, 2.75) is 79.6 Å². The van der Waals surface area contributed by atoms with E-state index in [1.54, 1.807) is 0 Å². The highest BCUT2D eigenvalue weighted by Crippen LogP contribution is 2.36. The van der Waals surface area contributed by atoms with E-state index in [9.17, 15) is 4.79 Å². The maximum atomic E-state index is 12.6. The summed E-state index contributed by atoms with van der Waals surface area (Å²) in [7, 11) is 0. The molecule has 1 heterocycles. The Morgan fingerprint density at radius 3 is 2.52 bits per heavy atom. The highest BCUT2D eigenvalue weighted by atomic mass is 16.1. The average molecular weight is 293 g/mol. The highest BCUT2D eigenvalue weighted by Gasteiger charge is 2.32. The average Bonchev–Trinajstić information content (AvgIpc) is 2.39. The summed E-state index contributed by atoms with van der Waals surface area (Å²) in [5.74, 6) is 1.03. The van der Waals surface area contributed by atoms with Gasteiger partial charge in [-0.1, -0.05) is 60.3 Å². The van der Waals surface area contributed by atoms with Crippen LogP contribution in [0.2, 0.25) is 0 Å². The first-order valence-corrected chi connectivity index (χ1v) is 8.86. The van der Waals surface area contributed by atoms with Gasteiger partial charge in [0, 0.05) is 31.3 Å². The predicted molar refractivity (Wildman–Crippen MR) is 91.3 cm³/mol. The number of hydrogen-bond donors (Lipinski definition) is 0. The topological polar surface area (TPSA) is 20.3 Å². The van der Waals surface area contributed by atoms with Gasteiger partial charge < -0.3 is 4.90 Å². The fraction of sp³-hybridized carbons (Fsp3) is 0.842. The molecular formula is C19H35NO. The number of rotatable bonds is 9. The molecule has 0 aromatic heterocycles. The minimum Gasteiger partial charge on any atom is -0.377 e. The van der Waals surface area contributed by atoms with E-state index in [0.717, 1.165) is 37.9 Å². The Bertz CT molecular complexity index is 355. The first kappa shape index (κ1) is 18.3. The summed E-state index contributed by atoms with van der Waals surface area (Å²) in [6.07, 6.45) is 10.1. The van der Waals surface area contributed by atoms with Crippen LogP contribution in [-0.4, -0.2) is 23.8 Å². The summed E-state index contributed by atoms with van der Waals surface area (Å²) in [5.41, 5.74) is 1.11. The predicted octanol–water partition coefficient (Wildman–Crippen LogP) is 5.19. The standard InChI is InChI=1S/C19H35NO/c1-6-7-8-9-10-11-18(21)17-15-20(14-16(2)3)13-12-19(17,4)5/h15-16H,6-14H2,1-5H3. The first-order valence-electron chi connectivity index (χ1n) is 8.86. The molecule has 0 saturated carbocycles. The summed E-state index contributed by atoms with van der Waals surface area (Å²) in [6, 6.07) is 0. The van der Waals surface area contributed by atoms with Gasteiger partial charge in [-0.3, -0.25) is 4.79 Å². The Kier molecular flexibility index (Phi) is 7.48.